The number of piperidine rings is 1. The quantitative estimate of drug-likeness (QED) is 0.573. The number of carbonyl (C=O) groups excluding carboxylic acids is 1. The number of amides is 1. The Morgan fingerprint density at radius 2 is 1.85 bits per heavy atom. The zero-order valence-electron chi connectivity index (χ0n) is 18.6. The average Bonchev–Trinajstić information content (AvgIpc) is 2.81. The summed E-state index contributed by atoms with van der Waals surface area (Å²) < 4.78 is 51.3. The summed E-state index contributed by atoms with van der Waals surface area (Å²) in [5, 5.41) is 3.01. The van der Waals surface area contributed by atoms with Crippen LogP contribution in [0.5, 0.6) is 11.5 Å². The molecule has 7 nitrogen and oxygen atoms in total. The molecule has 0 unspecified atom stereocenters. The lowest BCUT2D eigenvalue weighted by Gasteiger charge is -2.30. The van der Waals surface area contributed by atoms with Gasteiger partial charge in [-0.1, -0.05) is 23.7 Å². The van der Waals surface area contributed by atoms with E-state index in [9.17, 15) is 17.6 Å². The molecule has 33 heavy (non-hydrogen) atoms. The lowest BCUT2D eigenvalue weighted by molar-refractivity contribution is -0.126. The topological polar surface area (TPSA) is 84.9 Å². The highest BCUT2D eigenvalue weighted by Gasteiger charge is 2.32. The van der Waals surface area contributed by atoms with Crippen LogP contribution in [-0.4, -0.2) is 52.5 Å². The molecule has 0 aliphatic carbocycles. The summed E-state index contributed by atoms with van der Waals surface area (Å²) in [6, 6.07) is 9.70. The molecule has 1 amide bonds. The summed E-state index contributed by atoms with van der Waals surface area (Å²) in [5.74, 6) is -0.227. The van der Waals surface area contributed by atoms with Crippen LogP contribution in [0.25, 0.3) is 0 Å². The normalized spacial score (nSPS) is 15.3. The predicted molar refractivity (Wildman–Crippen MR) is 125 cm³/mol. The van der Waals surface area contributed by atoms with Crippen molar-refractivity contribution >= 4 is 27.5 Å². The van der Waals surface area contributed by atoms with E-state index in [2.05, 4.69) is 5.32 Å². The van der Waals surface area contributed by atoms with Crippen LogP contribution in [0, 0.1) is 11.7 Å². The van der Waals surface area contributed by atoms with Crippen molar-refractivity contribution in [3.05, 3.63) is 58.4 Å². The minimum atomic E-state index is -3.74. The van der Waals surface area contributed by atoms with Gasteiger partial charge in [-0.3, -0.25) is 4.79 Å². The fourth-order valence-electron chi connectivity index (χ4n) is 3.85. The zero-order valence-corrected chi connectivity index (χ0v) is 20.2. The first-order chi connectivity index (χ1) is 15.7. The lowest BCUT2D eigenvalue weighted by Crippen LogP contribution is -2.43. The third-order valence-electron chi connectivity index (χ3n) is 5.77. The number of halogens is 2. The maximum absolute atomic E-state index is 14.0. The van der Waals surface area contributed by atoms with Crippen molar-refractivity contribution in [2.24, 2.45) is 5.92 Å². The third-order valence-corrected chi connectivity index (χ3v) is 7.93. The van der Waals surface area contributed by atoms with Crippen molar-refractivity contribution in [1.82, 2.24) is 9.62 Å². The van der Waals surface area contributed by atoms with Gasteiger partial charge in [-0.15, -0.1) is 0 Å². The van der Waals surface area contributed by atoms with E-state index in [1.165, 1.54) is 22.5 Å². The minimum Gasteiger partial charge on any atom is -0.493 e. The van der Waals surface area contributed by atoms with Crippen LogP contribution in [-0.2, 0) is 27.0 Å². The molecule has 0 atom stereocenters. The van der Waals surface area contributed by atoms with Gasteiger partial charge in [0.15, 0.2) is 11.5 Å². The summed E-state index contributed by atoms with van der Waals surface area (Å²) in [6.07, 6.45) is 1.45. The number of nitrogens with one attached hydrogen (secondary N) is 1. The van der Waals surface area contributed by atoms with Gasteiger partial charge in [0.1, 0.15) is 5.82 Å². The molecule has 0 aromatic heterocycles. The third kappa shape index (κ3) is 6.37. The highest BCUT2D eigenvalue weighted by Crippen LogP contribution is 2.28. The first kappa shape index (κ1) is 25.3. The SMILES string of the molecule is COc1ccc(CCNC(=O)C2CCN(S(=O)(=O)Cc3c(F)cccc3Cl)CC2)cc1OC. The Morgan fingerprint density at radius 1 is 1.15 bits per heavy atom. The minimum absolute atomic E-state index is 0.0332. The second-order valence-corrected chi connectivity index (χ2v) is 10.2. The van der Waals surface area contributed by atoms with Crippen molar-refractivity contribution in [3.8, 4) is 11.5 Å². The molecular formula is C23H28ClFN2O5S. The number of nitrogens with zero attached hydrogens (tertiary/aromatic N) is 1. The van der Waals surface area contributed by atoms with Gasteiger partial charge in [0.2, 0.25) is 15.9 Å². The van der Waals surface area contributed by atoms with Gasteiger partial charge in [-0.25, -0.2) is 17.1 Å². The Balaban J connectivity index is 1.49. The number of sulfonamides is 1. The second-order valence-electron chi connectivity index (χ2n) is 7.86. The molecule has 1 aliphatic heterocycles. The van der Waals surface area contributed by atoms with Crippen LogP contribution in [0.3, 0.4) is 0 Å². The van der Waals surface area contributed by atoms with Crippen LogP contribution < -0.4 is 14.8 Å². The Kier molecular flexibility index (Phi) is 8.56. The maximum atomic E-state index is 14.0. The molecule has 0 spiro atoms. The number of rotatable bonds is 9. The van der Waals surface area contributed by atoms with Gasteiger partial charge >= 0.3 is 0 Å². The van der Waals surface area contributed by atoms with Crippen molar-refractivity contribution in [2.75, 3.05) is 33.9 Å². The van der Waals surface area contributed by atoms with Crippen molar-refractivity contribution in [1.29, 1.82) is 0 Å². The molecular weight excluding hydrogens is 471 g/mol. The Labute approximate surface area is 198 Å². The molecule has 3 rings (SSSR count). The first-order valence-corrected chi connectivity index (χ1v) is 12.6. The van der Waals surface area contributed by atoms with Gasteiger partial charge in [-0.05, 0) is 49.1 Å². The maximum Gasteiger partial charge on any atom is 0.223 e. The number of hydrogen-bond donors (Lipinski definition) is 1. The van der Waals surface area contributed by atoms with E-state index in [4.69, 9.17) is 21.1 Å². The molecule has 1 N–H and O–H groups in total. The van der Waals surface area contributed by atoms with Crippen LogP contribution in [0.4, 0.5) is 4.39 Å². The number of carbonyl (C=O) groups is 1. The monoisotopic (exact) mass is 498 g/mol. The van der Waals surface area contributed by atoms with Crippen molar-refractivity contribution in [3.63, 3.8) is 0 Å². The Bertz CT molecular complexity index is 1070. The fraction of sp³-hybridized carbons (Fsp3) is 0.435. The van der Waals surface area contributed by atoms with Crippen LogP contribution in [0.2, 0.25) is 5.02 Å². The number of benzene rings is 2. The van der Waals surface area contributed by atoms with E-state index in [0.29, 0.717) is 37.3 Å². The van der Waals surface area contributed by atoms with E-state index >= 15 is 0 Å². The largest absolute Gasteiger partial charge is 0.493 e. The highest BCUT2D eigenvalue weighted by atomic mass is 35.5. The Morgan fingerprint density at radius 3 is 2.48 bits per heavy atom. The molecule has 2 aromatic rings. The molecule has 10 heteroatoms. The van der Waals surface area contributed by atoms with Crippen LogP contribution >= 0.6 is 11.6 Å². The summed E-state index contributed by atoms with van der Waals surface area (Å²) in [7, 11) is -0.598. The second kappa shape index (κ2) is 11.2. The van der Waals surface area contributed by atoms with Gasteiger partial charge in [0.05, 0.1) is 20.0 Å². The molecule has 2 aromatic carbocycles. The molecule has 1 saturated heterocycles. The van der Waals surface area contributed by atoms with Crippen molar-refractivity contribution in [2.45, 2.75) is 25.0 Å². The van der Waals surface area contributed by atoms with Crippen LogP contribution in [0.15, 0.2) is 36.4 Å². The van der Waals surface area contributed by atoms with E-state index in [-0.39, 0.29) is 35.5 Å². The average molecular weight is 499 g/mol. The lowest BCUT2D eigenvalue weighted by atomic mass is 9.97. The zero-order chi connectivity index (χ0) is 24.0. The van der Waals surface area contributed by atoms with Crippen LogP contribution in [0.1, 0.15) is 24.0 Å². The standard InChI is InChI=1S/C23H28ClFN2O5S/c1-31-21-7-6-16(14-22(21)32-2)8-11-26-23(28)17-9-12-27(13-10-17)33(29,30)15-18-19(24)4-3-5-20(18)25/h3-7,14,17H,8-13,15H2,1-2H3,(H,26,28). The summed E-state index contributed by atoms with van der Waals surface area (Å²) in [5.41, 5.74) is 0.967. The van der Waals surface area contributed by atoms with Gasteiger partial charge < -0.3 is 14.8 Å². The highest BCUT2D eigenvalue weighted by molar-refractivity contribution is 7.88. The molecule has 0 bridgehead atoms. The smallest absolute Gasteiger partial charge is 0.223 e. The first-order valence-electron chi connectivity index (χ1n) is 10.6. The van der Waals surface area contributed by atoms with Gasteiger partial charge in [-0.2, -0.15) is 0 Å². The molecule has 1 heterocycles. The molecule has 0 saturated carbocycles. The molecule has 180 valence electrons. The fourth-order valence-corrected chi connectivity index (χ4v) is 5.77. The number of ether oxygens (including phenoxy) is 2. The van der Waals surface area contributed by atoms with E-state index in [1.54, 1.807) is 14.2 Å². The van der Waals surface area contributed by atoms with Gasteiger partial charge in [0, 0.05) is 36.1 Å². The van der Waals surface area contributed by atoms with E-state index < -0.39 is 21.6 Å². The summed E-state index contributed by atoms with van der Waals surface area (Å²) >= 11 is 5.97. The van der Waals surface area contributed by atoms with Gasteiger partial charge in [0.25, 0.3) is 0 Å². The predicted octanol–water partition coefficient (Wildman–Crippen LogP) is 3.40. The van der Waals surface area contributed by atoms with E-state index in [0.717, 1.165) is 5.56 Å². The van der Waals surface area contributed by atoms with E-state index in [1.807, 2.05) is 18.2 Å². The molecule has 1 fully saturated rings. The summed E-state index contributed by atoms with van der Waals surface area (Å²) in [4.78, 5) is 12.6. The van der Waals surface area contributed by atoms with Crippen molar-refractivity contribution < 1.29 is 27.1 Å². The summed E-state index contributed by atoms with van der Waals surface area (Å²) in [6.45, 7) is 0.878. The Hall–Kier alpha value is -2.36. The number of hydrogen-bond acceptors (Lipinski definition) is 5. The molecule has 0 radical (unpaired) electrons. The number of methoxy groups -OCH3 is 2. The molecule has 1 aliphatic rings.